The van der Waals surface area contributed by atoms with Crippen molar-refractivity contribution in [2.45, 2.75) is 19.6 Å². The molecule has 0 amide bonds. The number of nitrogens with zero attached hydrogens (tertiary/aromatic N) is 3. The van der Waals surface area contributed by atoms with Crippen molar-refractivity contribution in [2.75, 3.05) is 0 Å². The Labute approximate surface area is 110 Å². The summed E-state index contributed by atoms with van der Waals surface area (Å²) in [5, 5.41) is 16.1. The van der Waals surface area contributed by atoms with Crippen LogP contribution in [0.3, 0.4) is 0 Å². The molecule has 0 aliphatic rings. The van der Waals surface area contributed by atoms with Gasteiger partial charge in [-0.25, -0.2) is 13.5 Å². The van der Waals surface area contributed by atoms with Gasteiger partial charge >= 0.3 is 0 Å². The number of alkyl halides is 2. The minimum atomic E-state index is -2.72. The molecule has 0 unspecified atom stereocenters. The van der Waals surface area contributed by atoms with Crippen LogP contribution >= 0.6 is 15.9 Å². The topological polar surface area (TPSA) is 50.9 Å². The predicted molar refractivity (Wildman–Crippen MR) is 64.1 cm³/mol. The first-order valence-corrected chi connectivity index (χ1v) is 5.97. The minimum absolute atomic E-state index is 0.0861. The molecule has 96 valence electrons. The Morgan fingerprint density at radius 2 is 2.06 bits per heavy atom. The van der Waals surface area contributed by atoms with Gasteiger partial charge in [-0.1, -0.05) is 39.3 Å². The molecular weight excluding hydrogens is 308 g/mol. The lowest BCUT2D eigenvalue weighted by molar-refractivity contribution is 0.135. The first-order chi connectivity index (χ1) is 8.63. The smallest absolute Gasteiger partial charge is 0.282 e. The average molecular weight is 318 g/mol. The molecule has 0 radical (unpaired) electrons. The molecule has 0 spiro atoms. The van der Waals surface area contributed by atoms with E-state index in [9.17, 15) is 8.78 Å². The number of benzene rings is 1. The third-order valence-corrected chi connectivity index (χ3v) is 3.26. The molecule has 7 heteroatoms. The molecule has 4 nitrogen and oxygen atoms in total. The molecule has 0 aliphatic carbocycles. The molecule has 0 saturated heterocycles. The van der Waals surface area contributed by atoms with E-state index < -0.39 is 13.0 Å². The molecule has 0 atom stereocenters. The van der Waals surface area contributed by atoms with Gasteiger partial charge in [0, 0.05) is 4.47 Å². The molecule has 1 N–H and O–H groups in total. The van der Waals surface area contributed by atoms with E-state index in [0.29, 0.717) is 0 Å². The van der Waals surface area contributed by atoms with Gasteiger partial charge in [0.25, 0.3) is 6.43 Å². The second kappa shape index (κ2) is 5.53. The van der Waals surface area contributed by atoms with E-state index in [-0.39, 0.29) is 17.9 Å². The van der Waals surface area contributed by atoms with E-state index in [1.54, 1.807) is 6.07 Å². The van der Waals surface area contributed by atoms with Crippen molar-refractivity contribution in [1.29, 1.82) is 0 Å². The molecule has 2 rings (SSSR count). The van der Waals surface area contributed by atoms with Crippen molar-refractivity contribution in [3.63, 3.8) is 0 Å². The van der Waals surface area contributed by atoms with Gasteiger partial charge in [-0.3, -0.25) is 0 Å². The van der Waals surface area contributed by atoms with Crippen molar-refractivity contribution in [1.82, 2.24) is 15.0 Å². The first-order valence-electron chi connectivity index (χ1n) is 5.18. The van der Waals surface area contributed by atoms with Crippen molar-refractivity contribution >= 4 is 15.9 Å². The van der Waals surface area contributed by atoms with Gasteiger partial charge in [0.05, 0.1) is 13.2 Å². The standard InChI is InChI=1S/C11H10BrF2N3O/c12-8-4-2-1-3-7(8)5-17-10(11(13)14)9(6-18)15-16-17/h1-4,11,18H,5-6H2. The van der Waals surface area contributed by atoms with Gasteiger partial charge in [0.2, 0.25) is 0 Å². The van der Waals surface area contributed by atoms with Crippen LogP contribution in [0.2, 0.25) is 0 Å². The summed E-state index contributed by atoms with van der Waals surface area (Å²) in [4.78, 5) is 0. The Hall–Kier alpha value is -1.34. The van der Waals surface area contributed by atoms with Crippen LogP contribution in [0.25, 0.3) is 0 Å². The molecule has 1 heterocycles. The highest BCUT2D eigenvalue weighted by Crippen LogP contribution is 2.24. The van der Waals surface area contributed by atoms with E-state index in [4.69, 9.17) is 5.11 Å². The normalized spacial score (nSPS) is 11.2. The summed E-state index contributed by atoms with van der Waals surface area (Å²) in [6.45, 7) is -0.371. The summed E-state index contributed by atoms with van der Waals surface area (Å²) in [6, 6.07) is 7.27. The fourth-order valence-corrected chi connectivity index (χ4v) is 2.02. The van der Waals surface area contributed by atoms with Crippen LogP contribution < -0.4 is 0 Å². The Kier molecular flexibility index (Phi) is 4.03. The van der Waals surface area contributed by atoms with E-state index >= 15 is 0 Å². The van der Waals surface area contributed by atoms with E-state index in [1.165, 1.54) is 0 Å². The molecule has 0 fully saturated rings. The zero-order valence-electron chi connectivity index (χ0n) is 9.22. The SMILES string of the molecule is OCc1nnn(Cc2ccccc2Br)c1C(F)F. The second-order valence-corrected chi connectivity index (χ2v) is 4.48. The van der Waals surface area contributed by atoms with Crippen LogP contribution in [-0.4, -0.2) is 20.1 Å². The lowest BCUT2D eigenvalue weighted by atomic mass is 10.2. The summed E-state index contributed by atoms with van der Waals surface area (Å²) >= 11 is 3.34. The fraction of sp³-hybridized carbons (Fsp3) is 0.273. The van der Waals surface area contributed by atoms with Crippen molar-refractivity contribution in [3.05, 3.63) is 45.7 Å². The summed E-state index contributed by atoms with van der Waals surface area (Å²) in [5.41, 5.74) is 0.388. The highest BCUT2D eigenvalue weighted by Gasteiger charge is 2.21. The number of hydrogen-bond donors (Lipinski definition) is 1. The Balaban J connectivity index is 2.35. The van der Waals surface area contributed by atoms with Gasteiger partial charge < -0.3 is 5.11 Å². The lowest BCUT2D eigenvalue weighted by Crippen LogP contribution is -2.08. The Bertz CT molecular complexity index is 545. The summed E-state index contributed by atoms with van der Waals surface area (Å²) in [7, 11) is 0. The van der Waals surface area contributed by atoms with Crippen LogP contribution in [-0.2, 0) is 13.2 Å². The summed E-state index contributed by atoms with van der Waals surface area (Å²) in [6.07, 6.45) is -2.72. The molecule has 2 aromatic rings. The van der Waals surface area contributed by atoms with Crippen molar-refractivity contribution < 1.29 is 13.9 Å². The average Bonchev–Trinajstić information content (AvgIpc) is 2.75. The number of aliphatic hydroxyl groups is 1. The number of rotatable bonds is 4. The summed E-state index contributed by atoms with van der Waals surface area (Å²) in [5.74, 6) is 0. The van der Waals surface area contributed by atoms with E-state index in [2.05, 4.69) is 26.2 Å². The molecule has 18 heavy (non-hydrogen) atoms. The molecule has 0 saturated carbocycles. The number of hydrogen-bond acceptors (Lipinski definition) is 3. The largest absolute Gasteiger partial charge is 0.390 e. The maximum Gasteiger partial charge on any atom is 0.282 e. The summed E-state index contributed by atoms with van der Waals surface area (Å²) < 4.78 is 27.7. The predicted octanol–water partition coefficient (Wildman–Crippen LogP) is 2.52. The van der Waals surface area contributed by atoms with Crippen LogP contribution in [0.5, 0.6) is 0 Å². The lowest BCUT2D eigenvalue weighted by Gasteiger charge is -2.08. The fourth-order valence-electron chi connectivity index (χ4n) is 1.61. The van der Waals surface area contributed by atoms with Crippen molar-refractivity contribution in [3.8, 4) is 0 Å². The third kappa shape index (κ3) is 2.56. The Morgan fingerprint density at radius 1 is 1.33 bits per heavy atom. The maximum absolute atomic E-state index is 12.9. The number of aliphatic hydroxyl groups excluding tert-OH is 1. The number of aromatic nitrogens is 3. The third-order valence-electron chi connectivity index (χ3n) is 2.48. The molecule has 1 aromatic carbocycles. The van der Waals surface area contributed by atoms with Crippen LogP contribution in [0.4, 0.5) is 8.78 Å². The van der Waals surface area contributed by atoms with E-state index in [0.717, 1.165) is 14.7 Å². The van der Waals surface area contributed by atoms with Gasteiger partial charge in [-0.15, -0.1) is 5.10 Å². The minimum Gasteiger partial charge on any atom is -0.390 e. The zero-order valence-corrected chi connectivity index (χ0v) is 10.8. The molecule has 1 aromatic heterocycles. The maximum atomic E-state index is 12.9. The second-order valence-electron chi connectivity index (χ2n) is 3.63. The van der Waals surface area contributed by atoms with Gasteiger partial charge in [0.1, 0.15) is 11.4 Å². The van der Waals surface area contributed by atoms with Crippen LogP contribution in [0.15, 0.2) is 28.7 Å². The first kappa shape index (κ1) is 13.1. The van der Waals surface area contributed by atoms with Gasteiger partial charge in [-0.05, 0) is 11.6 Å². The van der Waals surface area contributed by atoms with E-state index in [1.807, 2.05) is 18.2 Å². The monoisotopic (exact) mass is 317 g/mol. The highest BCUT2D eigenvalue weighted by molar-refractivity contribution is 9.10. The van der Waals surface area contributed by atoms with Crippen molar-refractivity contribution in [2.24, 2.45) is 0 Å². The van der Waals surface area contributed by atoms with Crippen LogP contribution in [0.1, 0.15) is 23.4 Å². The molecule has 0 aliphatic heterocycles. The highest BCUT2D eigenvalue weighted by atomic mass is 79.9. The number of halogens is 3. The quantitative estimate of drug-likeness (QED) is 0.942. The van der Waals surface area contributed by atoms with Gasteiger partial charge in [-0.2, -0.15) is 0 Å². The molecular formula is C11H10BrF2N3O. The molecule has 0 bridgehead atoms. The zero-order chi connectivity index (χ0) is 13.1. The van der Waals surface area contributed by atoms with Crippen LogP contribution in [0, 0.1) is 0 Å². The van der Waals surface area contributed by atoms with Gasteiger partial charge in [0.15, 0.2) is 0 Å². The Morgan fingerprint density at radius 3 is 2.67 bits per heavy atom.